The lowest BCUT2D eigenvalue weighted by Crippen LogP contribution is -2.35. The second kappa shape index (κ2) is 9.00. The van der Waals surface area contributed by atoms with Gasteiger partial charge in [-0.3, -0.25) is 24.1 Å². The van der Waals surface area contributed by atoms with E-state index in [1.165, 1.54) is 34.4 Å². The molecule has 4 amide bonds. The second-order valence-electron chi connectivity index (χ2n) is 7.24. The van der Waals surface area contributed by atoms with Crippen LogP contribution >= 0.6 is 11.3 Å². The molecule has 1 aromatic heterocycles. The molecule has 2 heterocycles. The van der Waals surface area contributed by atoms with E-state index in [1.54, 1.807) is 0 Å². The number of hydrogen-bond donors (Lipinski definition) is 2. The molecule has 3 rings (SSSR count). The van der Waals surface area contributed by atoms with E-state index in [4.69, 9.17) is 0 Å². The van der Waals surface area contributed by atoms with Crippen molar-refractivity contribution in [2.45, 2.75) is 20.3 Å². The van der Waals surface area contributed by atoms with Crippen molar-refractivity contribution in [3.8, 4) is 0 Å². The number of thiophene rings is 1. The minimum Gasteiger partial charge on any atom is -0.354 e. The fraction of sp³-hybridized carbons (Fsp3) is 0.333. The molecule has 0 saturated heterocycles. The van der Waals surface area contributed by atoms with E-state index >= 15 is 0 Å². The van der Waals surface area contributed by atoms with Crippen molar-refractivity contribution in [2.75, 3.05) is 19.6 Å². The van der Waals surface area contributed by atoms with E-state index in [9.17, 15) is 19.2 Å². The molecule has 152 valence electrons. The van der Waals surface area contributed by atoms with E-state index in [2.05, 4.69) is 10.6 Å². The van der Waals surface area contributed by atoms with Gasteiger partial charge in [-0.05, 0) is 35.6 Å². The average molecular weight is 413 g/mol. The van der Waals surface area contributed by atoms with Gasteiger partial charge in [0.15, 0.2) is 0 Å². The zero-order chi connectivity index (χ0) is 21.0. The Morgan fingerprint density at radius 1 is 1.03 bits per heavy atom. The Labute approximate surface area is 173 Å². The summed E-state index contributed by atoms with van der Waals surface area (Å²) in [5.74, 6) is -0.986. The Bertz CT molecular complexity index is 937. The van der Waals surface area contributed by atoms with Crippen molar-refractivity contribution in [1.29, 1.82) is 0 Å². The van der Waals surface area contributed by atoms with Crippen LogP contribution in [0.25, 0.3) is 0 Å². The molecule has 1 aromatic carbocycles. The predicted molar refractivity (Wildman–Crippen MR) is 110 cm³/mol. The molecule has 29 heavy (non-hydrogen) atoms. The predicted octanol–water partition coefficient (Wildman–Crippen LogP) is 2.09. The van der Waals surface area contributed by atoms with Crippen molar-refractivity contribution in [2.24, 2.45) is 5.92 Å². The number of hydrogen-bond acceptors (Lipinski definition) is 5. The summed E-state index contributed by atoms with van der Waals surface area (Å²) in [7, 11) is 0. The fourth-order valence-electron chi connectivity index (χ4n) is 3.08. The van der Waals surface area contributed by atoms with Gasteiger partial charge in [-0.1, -0.05) is 19.9 Å². The number of carbonyl (C=O) groups is 4. The highest BCUT2D eigenvalue weighted by Crippen LogP contribution is 2.24. The summed E-state index contributed by atoms with van der Waals surface area (Å²) < 4.78 is 0. The first kappa shape index (κ1) is 20.7. The molecule has 0 spiro atoms. The molecular formula is C21H23N3O4S. The number of amides is 4. The summed E-state index contributed by atoms with van der Waals surface area (Å²) in [6, 6.07) is 8.31. The van der Waals surface area contributed by atoms with Crippen molar-refractivity contribution in [3.63, 3.8) is 0 Å². The number of carbonyl (C=O) groups excluding carboxylic acids is 4. The van der Waals surface area contributed by atoms with Crippen LogP contribution in [-0.4, -0.2) is 48.2 Å². The second-order valence-corrected chi connectivity index (χ2v) is 8.27. The zero-order valence-electron chi connectivity index (χ0n) is 16.4. The monoisotopic (exact) mass is 413 g/mol. The van der Waals surface area contributed by atoms with E-state index in [-0.39, 0.29) is 41.7 Å². The van der Waals surface area contributed by atoms with Gasteiger partial charge < -0.3 is 10.6 Å². The van der Waals surface area contributed by atoms with Crippen molar-refractivity contribution in [1.82, 2.24) is 15.5 Å². The van der Waals surface area contributed by atoms with Gasteiger partial charge in [0.05, 0.1) is 17.5 Å². The minimum absolute atomic E-state index is 0.103. The topological polar surface area (TPSA) is 95.6 Å². The third-order valence-electron chi connectivity index (χ3n) is 4.43. The van der Waals surface area contributed by atoms with Crippen molar-refractivity contribution < 1.29 is 19.2 Å². The summed E-state index contributed by atoms with van der Waals surface area (Å²) in [6.07, 6.45) is 0.319. The summed E-state index contributed by atoms with van der Waals surface area (Å²) in [6.45, 7) is 4.78. The lowest BCUT2D eigenvalue weighted by Gasteiger charge is -2.15. The molecule has 0 bridgehead atoms. The summed E-state index contributed by atoms with van der Waals surface area (Å²) in [5.41, 5.74) is 0.891. The molecule has 7 nitrogen and oxygen atoms in total. The Kier molecular flexibility index (Phi) is 6.43. The standard InChI is InChI=1S/C21H23N3O4S/c1-13(2)12-24-20(27)16-6-5-14(10-17(16)21(24)28)19(26)23-8-7-22-18(25)11-15-4-3-9-29-15/h3-6,9-10,13H,7-8,11-12H2,1-2H3,(H,22,25)(H,23,26). The van der Waals surface area contributed by atoms with Crippen LogP contribution in [0, 0.1) is 5.92 Å². The van der Waals surface area contributed by atoms with Gasteiger partial charge in [0.2, 0.25) is 5.91 Å². The summed E-state index contributed by atoms with van der Waals surface area (Å²) in [4.78, 5) is 51.3. The number of rotatable bonds is 8. The Morgan fingerprint density at radius 2 is 1.76 bits per heavy atom. The quantitative estimate of drug-likeness (QED) is 0.512. The number of nitrogens with zero attached hydrogens (tertiary/aromatic N) is 1. The van der Waals surface area contributed by atoms with Crippen molar-refractivity contribution >= 4 is 35.0 Å². The Balaban J connectivity index is 1.52. The van der Waals surface area contributed by atoms with Crippen LogP contribution in [0.4, 0.5) is 0 Å². The van der Waals surface area contributed by atoms with E-state index in [1.807, 2.05) is 31.4 Å². The van der Waals surface area contributed by atoms with E-state index < -0.39 is 0 Å². The highest BCUT2D eigenvalue weighted by molar-refractivity contribution is 7.10. The Hall–Kier alpha value is -3.00. The summed E-state index contributed by atoms with van der Waals surface area (Å²) >= 11 is 1.52. The molecular weight excluding hydrogens is 390 g/mol. The van der Waals surface area contributed by atoms with Gasteiger partial charge in [-0.2, -0.15) is 0 Å². The molecule has 0 unspecified atom stereocenters. The molecule has 0 fully saturated rings. The molecule has 2 aromatic rings. The Morgan fingerprint density at radius 3 is 2.45 bits per heavy atom. The molecule has 1 aliphatic rings. The maximum absolute atomic E-state index is 12.5. The van der Waals surface area contributed by atoms with Crippen molar-refractivity contribution in [3.05, 3.63) is 57.3 Å². The fourth-order valence-corrected chi connectivity index (χ4v) is 3.78. The first-order chi connectivity index (χ1) is 13.9. The molecule has 0 saturated carbocycles. The largest absolute Gasteiger partial charge is 0.354 e. The molecule has 0 radical (unpaired) electrons. The van der Waals surface area contributed by atoms with Gasteiger partial charge in [0, 0.05) is 30.1 Å². The van der Waals surface area contributed by atoms with Crippen LogP contribution in [0.5, 0.6) is 0 Å². The summed E-state index contributed by atoms with van der Waals surface area (Å²) in [5, 5.41) is 7.38. The number of nitrogens with one attached hydrogen (secondary N) is 2. The third-order valence-corrected chi connectivity index (χ3v) is 5.30. The van der Waals surface area contributed by atoms with Crippen LogP contribution in [0.3, 0.4) is 0 Å². The van der Waals surface area contributed by atoms with Gasteiger partial charge in [0.1, 0.15) is 0 Å². The highest BCUT2D eigenvalue weighted by Gasteiger charge is 2.36. The van der Waals surface area contributed by atoms with Crippen LogP contribution < -0.4 is 10.6 Å². The highest BCUT2D eigenvalue weighted by atomic mass is 32.1. The third kappa shape index (κ3) is 4.89. The lowest BCUT2D eigenvalue weighted by molar-refractivity contribution is -0.120. The van der Waals surface area contributed by atoms with Crippen LogP contribution in [0.1, 0.15) is 49.8 Å². The number of benzene rings is 1. The van der Waals surface area contributed by atoms with Gasteiger partial charge in [-0.15, -0.1) is 11.3 Å². The van der Waals surface area contributed by atoms with E-state index in [0.717, 1.165) is 4.88 Å². The van der Waals surface area contributed by atoms with Crippen LogP contribution in [0.15, 0.2) is 35.7 Å². The van der Waals surface area contributed by atoms with Gasteiger partial charge >= 0.3 is 0 Å². The average Bonchev–Trinajstić information content (AvgIpc) is 3.27. The maximum atomic E-state index is 12.5. The van der Waals surface area contributed by atoms with Gasteiger partial charge in [-0.25, -0.2) is 0 Å². The molecule has 2 N–H and O–H groups in total. The normalized spacial score (nSPS) is 13.0. The number of imide groups is 1. The smallest absolute Gasteiger partial charge is 0.261 e. The lowest BCUT2D eigenvalue weighted by atomic mass is 10.1. The maximum Gasteiger partial charge on any atom is 0.261 e. The van der Waals surface area contributed by atoms with Crippen LogP contribution in [-0.2, 0) is 11.2 Å². The van der Waals surface area contributed by atoms with Crippen LogP contribution in [0.2, 0.25) is 0 Å². The molecule has 0 aliphatic carbocycles. The molecule has 8 heteroatoms. The SMILES string of the molecule is CC(C)CN1C(=O)c2ccc(C(=O)NCCNC(=O)Cc3cccs3)cc2C1=O. The first-order valence-electron chi connectivity index (χ1n) is 9.44. The minimum atomic E-state index is -0.366. The van der Waals surface area contributed by atoms with E-state index in [0.29, 0.717) is 30.6 Å². The first-order valence-corrected chi connectivity index (χ1v) is 10.3. The molecule has 0 atom stereocenters. The number of fused-ring (bicyclic) bond motifs is 1. The molecule has 1 aliphatic heterocycles. The van der Waals surface area contributed by atoms with Gasteiger partial charge in [0.25, 0.3) is 17.7 Å². The zero-order valence-corrected chi connectivity index (χ0v) is 17.2.